The summed E-state index contributed by atoms with van der Waals surface area (Å²) in [6.07, 6.45) is 7.45. The highest BCUT2D eigenvalue weighted by molar-refractivity contribution is 8.26. The van der Waals surface area contributed by atoms with Gasteiger partial charge in [0.1, 0.15) is 21.8 Å². The summed E-state index contributed by atoms with van der Waals surface area (Å²) in [5, 5.41) is 9.77. The molecule has 1 aromatic rings. The molecule has 170 valence electrons. The molecule has 2 aliphatic rings. The van der Waals surface area contributed by atoms with E-state index in [0.29, 0.717) is 33.8 Å². The number of thioether (sulfide) groups is 1. The zero-order chi connectivity index (χ0) is 23.4. The average molecular weight is 471 g/mol. The number of hydrogen-bond acceptors (Lipinski definition) is 6. The Kier molecular flexibility index (Phi) is 7.96. The van der Waals surface area contributed by atoms with E-state index in [4.69, 9.17) is 12.2 Å². The van der Waals surface area contributed by atoms with Gasteiger partial charge in [0.15, 0.2) is 0 Å². The molecule has 0 radical (unpaired) electrons. The van der Waals surface area contributed by atoms with Crippen molar-refractivity contribution in [1.82, 2.24) is 9.47 Å². The van der Waals surface area contributed by atoms with E-state index in [9.17, 15) is 14.9 Å². The van der Waals surface area contributed by atoms with Crippen LogP contribution in [0.5, 0.6) is 0 Å². The van der Waals surface area contributed by atoms with Crippen molar-refractivity contribution in [1.29, 1.82) is 5.26 Å². The quantitative estimate of drug-likeness (QED) is 0.333. The second-order valence-electron chi connectivity index (χ2n) is 8.43. The second-order valence-corrected chi connectivity index (χ2v) is 10.1. The number of carbonyl (C=O) groups is 1. The molecule has 0 aliphatic carbocycles. The Labute approximate surface area is 199 Å². The van der Waals surface area contributed by atoms with Crippen LogP contribution in [0.1, 0.15) is 56.2 Å². The van der Waals surface area contributed by atoms with E-state index >= 15 is 0 Å². The summed E-state index contributed by atoms with van der Waals surface area (Å²) in [5.74, 6) is 1.16. The van der Waals surface area contributed by atoms with Gasteiger partial charge in [0.05, 0.1) is 4.91 Å². The fourth-order valence-corrected chi connectivity index (χ4v) is 5.56. The number of unbranched alkanes of at least 4 members (excludes halogenated alkanes) is 1. The van der Waals surface area contributed by atoms with Crippen LogP contribution in [0.4, 0.5) is 5.82 Å². The minimum Gasteiger partial charge on any atom is -0.357 e. The first kappa shape index (κ1) is 24.3. The summed E-state index contributed by atoms with van der Waals surface area (Å²) in [4.78, 5) is 30.6. The van der Waals surface area contributed by atoms with Crippen LogP contribution in [0.25, 0.3) is 6.08 Å². The molecular weight excluding hydrogens is 440 g/mol. The van der Waals surface area contributed by atoms with E-state index in [1.807, 2.05) is 6.08 Å². The van der Waals surface area contributed by atoms with Crippen molar-refractivity contribution < 1.29 is 4.79 Å². The number of thiocarbonyl (C=S) groups is 1. The summed E-state index contributed by atoms with van der Waals surface area (Å²) >= 11 is 6.65. The highest BCUT2D eigenvalue weighted by Gasteiger charge is 2.33. The van der Waals surface area contributed by atoms with E-state index in [0.717, 1.165) is 50.2 Å². The van der Waals surface area contributed by atoms with Crippen molar-refractivity contribution in [3.05, 3.63) is 44.6 Å². The summed E-state index contributed by atoms with van der Waals surface area (Å²) < 4.78 is 2.25. The van der Waals surface area contributed by atoms with Crippen LogP contribution >= 0.6 is 24.0 Å². The van der Waals surface area contributed by atoms with Gasteiger partial charge in [-0.2, -0.15) is 5.26 Å². The predicted molar refractivity (Wildman–Crippen MR) is 136 cm³/mol. The molecule has 8 heteroatoms. The number of rotatable bonds is 7. The van der Waals surface area contributed by atoms with Gasteiger partial charge < -0.3 is 4.90 Å². The summed E-state index contributed by atoms with van der Waals surface area (Å²) in [6, 6.07) is 2.11. The number of amides is 1. The molecule has 0 saturated carbocycles. The lowest BCUT2D eigenvalue weighted by Gasteiger charge is -2.36. The number of pyridine rings is 1. The maximum Gasteiger partial charge on any atom is 0.270 e. The molecular formula is C24H30N4O2S2. The largest absolute Gasteiger partial charge is 0.357 e. The first-order valence-electron chi connectivity index (χ1n) is 11.1. The Bertz CT molecular complexity index is 1070. The van der Waals surface area contributed by atoms with Crippen LogP contribution in [0.2, 0.25) is 0 Å². The monoisotopic (exact) mass is 470 g/mol. The second kappa shape index (κ2) is 10.5. The molecule has 0 bridgehead atoms. The van der Waals surface area contributed by atoms with Gasteiger partial charge in [-0.1, -0.05) is 50.3 Å². The van der Waals surface area contributed by atoms with Gasteiger partial charge in [0.25, 0.3) is 11.5 Å². The minimum atomic E-state index is -0.247. The zero-order valence-electron chi connectivity index (χ0n) is 19.0. The molecule has 1 unspecified atom stereocenters. The highest BCUT2D eigenvalue weighted by atomic mass is 32.2. The first-order chi connectivity index (χ1) is 15.3. The summed E-state index contributed by atoms with van der Waals surface area (Å²) in [5.41, 5.74) is 1.28. The van der Waals surface area contributed by atoms with Crippen molar-refractivity contribution in [2.45, 2.75) is 53.0 Å². The Morgan fingerprint density at radius 2 is 2.12 bits per heavy atom. The van der Waals surface area contributed by atoms with Gasteiger partial charge in [-0.25, -0.2) is 0 Å². The third kappa shape index (κ3) is 4.69. The van der Waals surface area contributed by atoms with Gasteiger partial charge in [-0.15, -0.1) is 6.58 Å². The number of carbonyl (C=O) groups excluding carboxylic acids is 1. The molecule has 2 fully saturated rings. The van der Waals surface area contributed by atoms with Crippen molar-refractivity contribution in [2.75, 3.05) is 24.5 Å². The number of nitrogens with zero attached hydrogens (tertiary/aromatic N) is 4. The molecule has 3 heterocycles. The van der Waals surface area contributed by atoms with Crippen molar-refractivity contribution in [3.8, 4) is 6.07 Å². The number of hydrogen-bond donors (Lipinski definition) is 0. The van der Waals surface area contributed by atoms with Crippen molar-refractivity contribution >= 4 is 46.1 Å². The van der Waals surface area contributed by atoms with Crippen LogP contribution in [0.3, 0.4) is 0 Å². The molecule has 0 aromatic carbocycles. The highest BCUT2D eigenvalue weighted by Crippen LogP contribution is 2.36. The first-order valence-corrected chi connectivity index (χ1v) is 12.3. The Morgan fingerprint density at radius 3 is 2.75 bits per heavy atom. The van der Waals surface area contributed by atoms with Crippen molar-refractivity contribution in [3.63, 3.8) is 0 Å². The number of nitriles is 1. The number of piperidine rings is 1. The molecule has 1 amide bonds. The third-order valence-corrected chi connectivity index (χ3v) is 7.38. The Hall–Kier alpha value is -2.37. The molecule has 0 spiro atoms. The van der Waals surface area contributed by atoms with Crippen molar-refractivity contribution in [2.24, 2.45) is 5.92 Å². The Morgan fingerprint density at radius 1 is 1.38 bits per heavy atom. The number of aromatic nitrogens is 1. The van der Waals surface area contributed by atoms with Crippen LogP contribution in [0.15, 0.2) is 22.4 Å². The summed E-state index contributed by atoms with van der Waals surface area (Å²) in [7, 11) is 0. The maximum atomic E-state index is 13.3. The van der Waals surface area contributed by atoms with E-state index in [-0.39, 0.29) is 17.0 Å². The van der Waals surface area contributed by atoms with E-state index in [2.05, 4.69) is 31.4 Å². The van der Waals surface area contributed by atoms with Gasteiger partial charge in [-0.3, -0.25) is 19.1 Å². The predicted octanol–water partition coefficient (Wildman–Crippen LogP) is 4.45. The molecule has 2 aliphatic heterocycles. The van der Waals surface area contributed by atoms with Gasteiger partial charge >= 0.3 is 0 Å². The zero-order valence-corrected chi connectivity index (χ0v) is 20.7. The topological polar surface area (TPSA) is 69.3 Å². The average Bonchev–Trinajstić information content (AvgIpc) is 3.02. The Balaban J connectivity index is 2.25. The smallest absolute Gasteiger partial charge is 0.270 e. The molecule has 2 saturated heterocycles. The lowest BCUT2D eigenvalue weighted by Crippen LogP contribution is -2.40. The fourth-order valence-electron chi connectivity index (χ4n) is 4.31. The SMILES string of the molecule is C=CCN1C(=O)/C(=C\c2c(C)c(C#N)c(=O)n(CCCC)c2N2CCCC(C)C2)SC1=S. The van der Waals surface area contributed by atoms with Crippen LogP contribution in [-0.4, -0.2) is 39.3 Å². The minimum absolute atomic E-state index is 0.141. The molecule has 1 aromatic heterocycles. The van der Waals surface area contributed by atoms with E-state index in [1.165, 1.54) is 16.7 Å². The van der Waals surface area contributed by atoms with Gasteiger partial charge in [0, 0.05) is 31.7 Å². The number of anilines is 1. The molecule has 32 heavy (non-hydrogen) atoms. The van der Waals surface area contributed by atoms with E-state index in [1.54, 1.807) is 17.6 Å². The molecule has 3 rings (SSSR count). The van der Waals surface area contributed by atoms with E-state index < -0.39 is 0 Å². The lowest BCUT2D eigenvalue weighted by atomic mass is 9.98. The maximum absolute atomic E-state index is 13.3. The third-order valence-electron chi connectivity index (χ3n) is 6.00. The van der Waals surface area contributed by atoms with Crippen LogP contribution in [-0.2, 0) is 11.3 Å². The van der Waals surface area contributed by atoms with Crippen LogP contribution < -0.4 is 10.5 Å². The normalized spacial score (nSPS) is 20.2. The lowest BCUT2D eigenvalue weighted by molar-refractivity contribution is -0.121. The van der Waals surface area contributed by atoms with Crippen LogP contribution in [0, 0.1) is 24.2 Å². The molecule has 6 nitrogen and oxygen atoms in total. The molecule has 0 N–H and O–H groups in total. The fraction of sp³-hybridized carbons (Fsp3) is 0.500. The summed E-state index contributed by atoms with van der Waals surface area (Å²) in [6.45, 7) is 12.4. The van der Waals surface area contributed by atoms with Gasteiger partial charge in [0.2, 0.25) is 0 Å². The van der Waals surface area contributed by atoms with Gasteiger partial charge in [-0.05, 0) is 43.7 Å². The molecule has 1 atom stereocenters. The standard InChI is InChI=1S/C24H30N4O2S2/c1-5-7-12-27-21(26-11-8-9-16(3)15-26)18(17(4)19(14-25)22(27)29)13-20-23(30)28(10-6-2)24(31)32-20/h6,13,16H,2,5,7-12,15H2,1,3-4H3/b20-13+.